The molecule has 8 N–H and O–H groups in total. The van der Waals surface area contributed by atoms with Crippen LogP contribution < -0.4 is 42.6 Å². The molecule has 0 aliphatic carbocycles. The van der Waals surface area contributed by atoms with Gasteiger partial charge in [0.2, 0.25) is 0 Å². The van der Waals surface area contributed by atoms with E-state index >= 15 is 0 Å². The quantitative estimate of drug-likeness (QED) is 0.0132. The lowest BCUT2D eigenvalue weighted by Gasteiger charge is -2.17. The van der Waals surface area contributed by atoms with Gasteiger partial charge in [-0.15, -0.1) is 0 Å². The smallest absolute Gasteiger partial charge is 0.189 e. The zero-order valence-corrected chi connectivity index (χ0v) is 59.9. The third-order valence-corrected chi connectivity index (χ3v) is 15.9. The van der Waals surface area contributed by atoms with E-state index in [-0.39, 0.29) is 153 Å². The SMILES string of the molecule is CCc1cc(OCCO)cc(Cc2cc(Cc3cc(Cc4cc(Cc5cc(Cc6cc(Cc7cc(Cc8cccc(OCOCCO)c8)cc(OCOCCO)c7)cc(OCOCCO)c6)cc(OCOCCO)c5)cc(OCOCCO)c4)cc(OCOCCO)c3)cc(OCOCCO)c2)c1OC. The number of ether oxygens (including phenoxy) is 16. The standard InChI is InChI=1S/C81H100O24/c1-3-71-49-80(98-22-14-89)50-72(81(71)90-2)35-70-34-69(47-79(48-70)105-57-97-21-13-88)33-68-32-67(45-78(46-68)104-56-96-20-12-87)31-66-30-65(43-77(44-66)103-55-95-19-11-86)29-64-28-63(41-76(42-64)102-54-94-18-10-85)27-62-26-61(39-75(40-62)101-53-93-17-9-84)25-60-24-59(37-74(38-60)100-52-92-16-8-83)23-58-5-4-6-73(36-58)99-51-91-15-7-82/h4-6,24,26,28,30,32,34,36-50,82-89H,3,7-23,25,27,29,31,33,35,51-57H2,1-2H3. The van der Waals surface area contributed by atoms with Crippen molar-refractivity contribution in [2.45, 2.75) is 58.3 Å². The molecule has 0 aliphatic heterocycles. The topological polar surface area (TPSA) is 310 Å². The third-order valence-electron chi connectivity index (χ3n) is 15.9. The first kappa shape index (κ1) is 82.0. The molecule has 0 unspecified atom stereocenters. The molecule has 0 saturated carbocycles. The van der Waals surface area contributed by atoms with Crippen LogP contribution in [0.2, 0.25) is 0 Å². The number of rotatable bonds is 54. The second-order valence-electron chi connectivity index (χ2n) is 24.3. The van der Waals surface area contributed by atoms with Crippen LogP contribution in [0.15, 0.2) is 146 Å². The molecule has 0 atom stereocenters. The van der Waals surface area contributed by atoms with Crippen LogP contribution in [0.1, 0.15) is 90.4 Å². The van der Waals surface area contributed by atoms with Gasteiger partial charge in [-0.05, 0) is 220 Å². The molecule has 0 bridgehead atoms. The summed E-state index contributed by atoms with van der Waals surface area (Å²) < 4.78 is 93.5. The molecule has 0 saturated heterocycles. The van der Waals surface area contributed by atoms with Gasteiger partial charge in [0.25, 0.3) is 0 Å². The molecule has 0 spiro atoms. The number of aliphatic hydroxyl groups is 8. The highest BCUT2D eigenvalue weighted by molar-refractivity contribution is 5.52. The van der Waals surface area contributed by atoms with Crippen molar-refractivity contribution >= 4 is 0 Å². The lowest BCUT2D eigenvalue weighted by molar-refractivity contribution is -0.00122. The maximum atomic E-state index is 9.59. The van der Waals surface area contributed by atoms with E-state index in [4.69, 9.17) is 80.9 Å². The van der Waals surface area contributed by atoms with Gasteiger partial charge in [0.15, 0.2) is 47.6 Å². The zero-order valence-electron chi connectivity index (χ0n) is 59.9. The van der Waals surface area contributed by atoms with E-state index < -0.39 is 0 Å². The predicted octanol–water partition coefficient (Wildman–Crippen LogP) is 8.18. The molecule has 105 heavy (non-hydrogen) atoms. The number of methoxy groups -OCH3 is 1. The van der Waals surface area contributed by atoms with Crippen molar-refractivity contribution in [1.29, 1.82) is 0 Å². The molecule has 8 aromatic carbocycles. The van der Waals surface area contributed by atoms with Crippen LogP contribution >= 0.6 is 0 Å². The fourth-order valence-electron chi connectivity index (χ4n) is 11.7. The average Bonchev–Trinajstić information content (AvgIpc) is 0.819. The number of benzene rings is 8. The second-order valence-corrected chi connectivity index (χ2v) is 24.3. The Balaban J connectivity index is 1.12. The van der Waals surface area contributed by atoms with Crippen LogP contribution in [0.5, 0.6) is 51.7 Å². The van der Waals surface area contributed by atoms with Crippen molar-refractivity contribution in [2.24, 2.45) is 0 Å². The summed E-state index contributed by atoms with van der Waals surface area (Å²) in [5.74, 6) is 5.25. The van der Waals surface area contributed by atoms with E-state index in [1.54, 1.807) is 7.11 Å². The van der Waals surface area contributed by atoms with E-state index in [1.807, 2.05) is 116 Å². The van der Waals surface area contributed by atoms with Gasteiger partial charge in [0.1, 0.15) is 58.4 Å². The largest absolute Gasteiger partial charge is 0.496 e. The number of aryl methyl sites for hydroxylation is 1. The van der Waals surface area contributed by atoms with Gasteiger partial charge < -0.3 is 117 Å². The molecule has 0 heterocycles. The molecule has 8 rings (SSSR count). The van der Waals surface area contributed by atoms with Gasteiger partial charge in [0.05, 0.1) is 106 Å². The molecule has 24 nitrogen and oxygen atoms in total. The van der Waals surface area contributed by atoms with Crippen molar-refractivity contribution in [3.63, 3.8) is 0 Å². The molecule has 24 heteroatoms. The monoisotopic (exact) mass is 1460 g/mol. The van der Waals surface area contributed by atoms with E-state index in [0.717, 1.165) is 89.2 Å². The van der Waals surface area contributed by atoms with Gasteiger partial charge in [-0.3, -0.25) is 0 Å². The van der Waals surface area contributed by atoms with Crippen molar-refractivity contribution in [2.75, 3.05) is 160 Å². The summed E-state index contributed by atoms with van der Waals surface area (Å²) in [5.41, 5.74) is 13.8. The third kappa shape index (κ3) is 29.7. The van der Waals surface area contributed by atoms with Gasteiger partial charge >= 0.3 is 0 Å². The first-order valence-electron chi connectivity index (χ1n) is 35.0. The molecule has 0 amide bonds. The number of aliphatic hydroxyl groups excluding tert-OH is 8. The summed E-state index contributed by atoms with van der Waals surface area (Å²) in [5, 5.41) is 75.8. The zero-order chi connectivity index (χ0) is 74.1. The van der Waals surface area contributed by atoms with Crippen LogP contribution in [0.25, 0.3) is 0 Å². The molecule has 568 valence electrons. The Morgan fingerprint density at radius 1 is 0.229 bits per heavy atom. The van der Waals surface area contributed by atoms with Crippen molar-refractivity contribution in [3.8, 4) is 51.7 Å². The van der Waals surface area contributed by atoms with Crippen LogP contribution in [0.4, 0.5) is 0 Å². The first-order chi connectivity index (χ1) is 51.5. The Morgan fingerprint density at radius 2 is 0.457 bits per heavy atom. The summed E-state index contributed by atoms with van der Waals surface area (Å²) >= 11 is 0. The Kier molecular flexibility index (Phi) is 36.7. The van der Waals surface area contributed by atoms with Crippen LogP contribution in [-0.4, -0.2) is 201 Å². The number of hydrogen-bond donors (Lipinski definition) is 8. The molecule has 0 radical (unpaired) electrons. The van der Waals surface area contributed by atoms with Crippen molar-refractivity contribution < 1.29 is 117 Å². The average molecular weight is 1460 g/mol. The van der Waals surface area contributed by atoms with Gasteiger partial charge in [-0.25, -0.2) is 0 Å². The molecular weight excluding hydrogens is 1360 g/mol. The molecule has 8 aromatic rings. The van der Waals surface area contributed by atoms with Crippen LogP contribution in [0.3, 0.4) is 0 Å². The lowest BCUT2D eigenvalue weighted by Crippen LogP contribution is -2.08. The van der Waals surface area contributed by atoms with Gasteiger partial charge in [0, 0.05) is 12.0 Å². The van der Waals surface area contributed by atoms with E-state index in [9.17, 15) is 35.7 Å². The maximum absolute atomic E-state index is 9.59. The van der Waals surface area contributed by atoms with E-state index in [0.29, 0.717) is 97.4 Å². The van der Waals surface area contributed by atoms with Crippen LogP contribution in [0, 0.1) is 0 Å². The van der Waals surface area contributed by atoms with Gasteiger partial charge in [-0.1, -0.05) is 55.5 Å². The second kappa shape index (κ2) is 47.0. The highest BCUT2D eigenvalue weighted by atomic mass is 16.7. The minimum atomic E-state index is -0.183. The van der Waals surface area contributed by atoms with Gasteiger partial charge in [-0.2, -0.15) is 0 Å². The highest BCUT2D eigenvalue weighted by Crippen LogP contribution is 2.35. The van der Waals surface area contributed by atoms with Crippen LogP contribution in [-0.2, 0) is 84.5 Å². The van der Waals surface area contributed by atoms with E-state index in [2.05, 4.69) is 36.4 Å². The Hall–Kier alpha value is -8.64. The molecular formula is C81H100O24. The minimum absolute atomic E-state index is 0.00556. The molecule has 0 fully saturated rings. The number of hydrogen-bond acceptors (Lipinski definition) is 24. The lowest BCUT2D eigenvalue weighted by atomic mass is 9.94. The van der Waals surface area contributed by atoms with E-state index in [1.165, 1.54) is 0 Å². The predicted molar refractivity (Wildman–Crippen MR) is 389 cm³/mol. The summed E-state index contributed by atoms with van der Waals surface area (Å²) in [7, 11) is 1.65. The summed E-state index contributed by atoms with van der Waals surface area (Å²) in [4.78, 5) is 0. The summed E-state index contributed by atoms with van der Waals surface area (Å²) in [6.07, 6.45) is 3.82. The summed E-state index contributed by atoms with van der Waals surface area (Å²) in [6, 6.07) is 47.7. The molecule has 0 aliphatic rings. The highest BCUT2D eigenvalue weighted by Gasteiger charge is 2.18. The normalized spacial score (nSPS) is 11.3. The fourth-order valence-corrected chi connectivity index (χ4v) is 11.7. The Bertz CT molecular complexity index is 3830. The Labute approximate surface area is 613 Å². The van der Waals surface area contributed by atoms with Crippen molar-refractivity contribution in [1.82, 2.24) is 0 Å². The molecule has 0 aromatic heterocycles. The fraction of sp³-hybridized carbons (Fsp3) is 0.407. The Morgan fingerprint density at radius 3 is 0.714 bits per heavy atom. The van der Waals surface area contributed by atoms with Crippen molar-refractivity contribution in [3.05, 3.63) is 229 Å². The minimum Gasteiger partial charge on any atom is -0.496 e. The first-order valence-corrected chi connectivity index (χ1v) is 35.0. The maximum Gasteiger partial charge on any atom is 0.189 e. The summed E-state index contributed by atoms with van der Waals surface area (Å²) in [6.45, 7) is 1.02.